The van der Waals surface area contributed by atoms with Crippen LogP contribution in [0.15, 0.2) is 36.9 Å². The molecule has 0 N–H and O–H groups in total. The lowest BCUT2D eigenvalue weighted by Gasteiger charge is -2.26. The largest absolute Gasteiger partial charge is 0.459 e. The van der Waals surface area contributed by atoms with Gasteiger partial charge >= 0.3 is 5.97 Å². The van der Waals surface area contributed by atoms with E-state index in [1.165, 1.54) is 31.2 Å². The average molecular weight is 445 g/mol. The first-order valence-electron chi connectivity index (χ1n) is 12.9. The van der Waals surface area contributed by atoms with Gasteiger partial charge in [-0.3, -0.25) is 0 Å². The smallest absolute Gasteiger partial charge is 0.338 e. The van der Waals surface area contributed by atoms with E-state index in [1.54, 1.807) is 0 Å². The van der Waals surface area contributed by atoms with Gasteiger partial charge in [-0.15, -0.1) is 6.58 Å². The first-order valence-corrected chi connectivity index (χ1v) is 12.9. The van der Waals surface area contributed by atoms with Crippen LogP contribution in [0.25, 0.3) is 0 Å². The van der Waals surface area contributed by atoms with E-state index in [-0.39, 0.29) is 18.4 Å². The second-order valence-electron chi connectivity index (χ2n) is 8.71. The zero-order valence-corrected chi connectivity index (χ0v) is 20.4. The fourth-order valence-corrected chi connectivity index (χ4v) is 4.31. The first kappa shape index (κ1) is 26.6. The normalized spacial score (nSPS) is 23.0. The number of rotatable bonds is 11. The number of aryl methyl sites for hydroxylation is 1. The number of hydrogen-bond donors (Lipinski definition) is 0. The van der Waals surface area contributed by atoms with Gasteiger partial charge in [-0.05, 0) is 87.8 Å². The lowest BCUT2D eigenvalue weighted by molar-refractivity contribution is -0.162. The Morgan fingerprint density at radius 2 is 1.72 bits per heavy atom. The van der Waals surface area contributed by atoms with Crippen molar-refractivity contribution in [2.24, 2.45) is 5.92 Å². The number of benzene rings is 1. The minimum atomic E-state index is -0.189. The molecule has 1 aliphatic carbocycles. The second kappa shape index (κ2) is 16.0. The average Bonchev–Trinajstić information content (AvgIpc) is 2.86. The molecule has 4 heteroatoms. The van der Waals surface area contributed by atoms with Crippen LogP contribution in [0.2, 0.25) is 0 Å². The van der Waals surface area contributed by atoms with E-state index >= 15 is 0 Å². The molecule has 1 atom stereocenters. The molecule has 2 aliphatic rings. The third kappa shape index (κ3) is 9.87. The monoisotopic (exact) mass is 444 g/mol. The summed E-state index contributed by atoms with van der Waals surface area (Å²) in [4.78, 5) is 12.4. The molecule has 1 heterocycles. The van der Waals surface area contributed by atoms with Gasteiger partial charge in [0.15, 0.2) is 6.29 Å². The van der Waals surface area contributed by atoms with E-state index in [4.69, 9.17) is 14.2 Å². The molecular formula is C28H44O4. The Morgan fingerprint density at radius 3 is 2.38 bits per heavy atom. The summed E-state index contributed by atoms with van der Waals surface area (Å²) in [5.41, 5.74) is 1.94. The van der Waals surface area contributed by atoms with Gasteiger partial charge in [0.05, 0.1) is 5.56 Å². The molecule has 2 fully saturated rings. The quantitative estimate of drug-likeness (QED) is 0.205. The molecule has 1 aromatic rings. The summed E-state index contributed by atoms with van der Waals surface area (Å²) in [5.74, 6) is 0.392. The van der Waals surface area contributed by atoms with Crippen molar-refractivity contribution in [1.82, 2.24) is 0 Å². The van der Waals surface area contributed by atoms with E-state index in [0.29, 0.717) is 11.5 Å². The van der Waals surface area contributed by atoms with Gasteiger partial charge in [-0.2, -0.15) is 0 Å². The third-order valence-corrected chi connectivity index (χ3v) is 6.32. The van der Waals surface area contributed by atoms with Crippen LogP contribution >= 0.6 is 0 Å². The molecule has 1 aliphatic heterocycles. The molecule has 1 saturated heterocycles. The molecule has 0 amide bonds. The van der Waals surface area contributed by atoms with Crippen LogP contribution in [-0.4, -0.2) is 31.6 Å². The number of allylic oxidation sites excluding steroid dienone is 1. The molecule has 32 heavy (non-hydrogen) atoms. The molecule has 1 saturated carbocycles. The number of hydrogen-bond acceptors (Lipinski definition) is 4. The summed E-state index contributed by atoms with van der Waals surface area (Å²) in [6, 6.07) is 7.94. The van der Waals surface area contributed by atoms with Gasteiger partial charge in [0.2, 0.25) is 0 Å². The standard InChI is InChI=1S/C26H38O4.C2H6/c1-2-21-13-17-24(18-14-21)30-26(27)23-15-11-22(12-16-23)9-5-3-4-7-19-28-25-10-6-8-20-29-25;1-2/h2,11-12,15-16,21,24-25H,1,3-10,13-14,17-20H2;1-2H3. The van der Waals surface area contributed by atoms with Crippen molar-refractivity contribution in [3.05, 3.63) is 48.0 Å². The Hall–Kier alpha value is -1.65. The second-order valence-corrected chi connectivity index (χ2v) is 8.71. The lowest BCUT2D eigenvalue weighted by Crippen LogP contribution is -2.23. The summed E-state index contributed by atoms with van der Waals surface area (Å²) in [7, 11) is 0. The van der Waals surface area contributed by atoms with Crippen molar-refractivity contribution in [2.45, 2.75) is 103 Å². The van der Waals surface area contributed by atoms with Crippen LogP contribution in [0.5, 0.6) is 0 Å². The van der Waals surface area contributed by atoms with Crippen molar-refractivity contribution >= 4 is 5.97 Å². The summed E-state index contributed by atoms with van der Waals surface area (Å²) in [6.07, 6.45) is 15.3. The van der Waals surface area contributed by atoms with E-state index in [2.05, 4.69) is 18.7 Å². The molecular weight excluding hydrogens is 400 g/mol. The van der Waals surface area contributed by atoms with Crippen LogP contribution in [0, 0.1) is 5.92 Å². The van der Waals surface area contributed by atoms with Gasteiger partial charge < -0.3 is 14.2 Å². The summed E-state index contributed by atoms with van der Waals surface area (Å²) < 4.78 is 17.1. The van der Waals surface area contributed by atoms with Crippen LogP contribution < -0.4 is 0 Å². The SMILES string of the molecule is C=CC1CCC(OC(=O)c2ccc(CCCCCCOC3CCCCO3)cc2)CC1.CC. The predicted molar refractivity (Wildman–Crippen MR) is 131 cm³/mol. The van der Waals surface area contributed by atoms with Crippen molar-refractivity contribution in [3.8, 4) is 0 Å². The van der Waals surface area contributed by atoms with Crippen LogP contribution in [0.4, 0.5) is 0 Å². The van der Waals surface area contributed by atoms with Crippen molar-refractivity contribution < 1.29 is 19.0 Å². The van der Waals surface area contributed by atoms with E-state index in [0.717, 1.165) is 64.6 Å². The van der Waals surface area contributed by atoms with E-state index in [1.807, 2.05) is 32.1 Å². The van der Waals surface area contributed by atoms with Gasteiger partial charge in [-0.1, -0.05) is 44.9 Å². The number of carbonyl (C=O) groups excluding carboxylic acids is 1. The Bertz CT molecular complexity index is 625. The molecule has 1 unspecified atom stereocenters. The van der Waals surface area contributed by atoms with Crippen molar-refractivity contribution in [3.63, 3.8) is 0 Å². The molecule has 3 rings (SSSR count). The Kier molecular flexibility index (Phi) is 13.3. The third-order valence-electron chi connectivity index (χ3n) is 6.32. The van der Waals surface area contributed by atoms with Crippen LogP contribution in [-0.2, 0) is 20.6 Å². The number of carbonyl (C=O) groups is 1. The van der Waals surface area contributed by atoms with Crippen molar-refractivity contribution in [2.75, 3.05) is 13.2 Å². The lowest BCUT2D eigenvalue weighted by atomic mass is 9.87. The predicted octanol–water partition coefficient (Wildman–Crippen LogP) is 7.26. The zero-order chi connectivity index (χ0) is 23.0. The minimum absolute atomic E-state index is 0.0335. The van der Waals surface area contributed by atoms with Crippen LogP contribution in [0.1, 0.15) is 100 Å². The minimum Gasteiger partial charge on any atom is -0.459 e. The van der Waals surface area contributed by atoms with Gasteiger partial charge in [0, 0.05) is 13.2 Å². The maximum absolute atomic E-state index is 12.4. The maximum atomic E-state index is 12.4. The highest BCUT2D eigenvalue weighted by atomic mass is 16.7. The topological polar surface area (TPSA) is 44.8 Å². The van der Waals surface area contributed by atoms with Gasteiger partial charge in [-0.25, -0.2) is 4.79 Å². The summed E-state index contributed by atoms with van der Waals surface area (Å²) in [6.45, 7) is 9.51. The Labute approximate surface area is 195 Å². The molecule has 0 bridgehead atoms. The fourth-order valence-electron chi connectivity index (χ4n) is 4.31. The molecule has 180 valence electrons. The van der Waals surface area contributed by atoms with Crippen molar-refractivity contribution in [1.29, 1.82) is 0 Å². The molecule has 1 aromatic carbocycles. The molecule has 0 radical (unpaired) electrons. The number of ether oxygens (including phenoxy) is 3. The van der Waals surface area contributed by atoms with E-state index in [9.17, 15) is 4.79 Å². The zero-order valence-electron chi connectivity index (χ0n) is 20.4. The molecule has 0 aromatic heterocycles. The summed E-state index contributed by atoms with van der Waals surface area (Å²) in [5, 5.41) is 0. The van der Waals surface area contributed by atoms with Gasteiger partial charge in [0.25, 0.3) is 0 Å². The van der Waals surface area contributed by atoms with Crippen LogP contribution in [0.3, 0.4) is 0 Å². The first-order chi connectivity index (χ1) is 15.7. The maximum Gasteiger partial charge on any atom is 0.338 e. The highest BCUT2D eigenvalue weighted by molar-refractivity contribution is 5.89. The summed E-state index contributed by atoms with van der Waals surface area (Å²) >= 11 is 0. The Morgan fingerprint density at radius 1 is 1.00 bits per heavy atom. The molecule has 4 nitrogen and oxygen atoms in total. The number of esters is 1. The fraction of sp³-hybridized carbons (Fsp3) is 0.679. The Balaban J connectivity index is 0.00000176. The highest BCUT2D eigenvalue weighted by Crippen LogP contribution is 2.27. The van der Waals surface area contributed by atoms with Gasteiger partial charge in [0.1, 0.15) is 6.10 Å². The van der Waals surface area contributed by atoms with E-state index < -0.39 is 0 Å². The highest BCUT2D eigenvalue weighted by Gasteiger charge is 2.22. The molecule has 0 spiro atoms. The number of unbranched alkanes of at least 4 members (excludes halogenated alkanes) is 3.